The summed E-state index contributed by atoms with van der Waals surface area (Å²) < 4.78 is 5.47. The van der Waals surface area contributed by atoms with Crippen LogP contribution in [0.2, 0.25) is 0 Å². The van der Waals surface area contributed by atoms with Crippen LogP contribution in [-0.2, 0) is 14.3 Å². The molecule has 4 nitrogen and oxygen atoms in total. The maximum atomic E-state index is 13.5. The summed E-state index contributed by atoms with van der Waals surface area (Å²) in [6.07, 6.45) is 0.123. The first-order valence-corrected chi connectivity index (χ1v) is 12.0. The van der Waals surface area contributed by atoms with Crippen molar-refractivity contribution in [1.82, 2.24) is 0 Å². The molecule has 0 bridgehead atoms. The maximum absolute atomic E-state index is 13.5. The van der Waals surface area contributed by atoms with Crippen molar-refractivity contribution in [3.05, 3.63) is 91.0 Å². The highest BCUT2D eigenvalue weighted by Gasteiger charge is 2.59. The zero-order chi connectivity index (χ0) is 21.4. The number of esters is 1. The van der Waals surface area contributed by atoms with Crippen molar-refractivity contribution in [1.29, 1.82) is 0 Å². The topological polar surface area (TPSA) is 69.4 Å². The van der Waals surface area contributed by atoms with Crippen molar-refractivity contribution in [2.24, 2.45) is 5.73 Å². The van der Waals surface area contributed by atoms with E-state index >= 15 is 0 Å². The predicted octanol–water partition coefficient (Wildman–Crippen LogP) is 2.83. The fourth-order valence-electron chi connectivity index (χ4n) is 3.89. The summed E-state index contributed by atoms with van der Waals surface area (Å²) in [4.78, 5) is 26.8. The van der Waals surface area contributed by atoms with Crippen molar-refractivity contribution in [3.8, 4) is 0 Å². The number of nitrogens with two attached hydrogens (primary N) is 1. The molecule has 3 aromatic carbocycles. The number of rotatable bonds is 9. The van der Waals surface area contributed by atoms with Gasteiger partial charge in [0.1, 0.15) is 23.2 Å². The Morgan fingerprint density at radius 2 is 1.20 bits per heavy atom. The Hall–Kier alpha value is -2.81. The van der Waals surface area contributed by atoms with Gasteiger partial charge in [-0.1, -0.05) is 54.6 Å². The van der Waals surface area contributed by atoms with E-state index in [1.54, 1.807) is 6.92 Å². The number of Topliss-reactive ketones (excluding diaryl/α,β-unsaturated/α-hetero) is 1. The first kappa shape index (κ1) is 21.9. The molecular formula is C25H27NO3P+. The van der Waals surface area contributed by atoms with Gasteiger partial charge in [-0.2, -0.15) is 0 Å². The van der Waals surface area contributed by atoms with E-state index in [4.69, 9.17) is 10.5 Å². The Morgan fingerprint density at radius 1 is 0.800 bits per heavy atom. The lowest BCUT2D eigenvalue weighted by atomic mass is 10.2. The van der Waals surface area contributed by atoms with Gasteiger partial charge in [-0.25, -0.2) is 4.79 Å². The van der Waals surface area contributed by atoms with E-state index in [-0.39, 0.29) is 25.4 Å². The number of ketones is 1. The summed E-state index contributed by atoms with van der Waals surface area (Å²) in [6.45, 7) is 2.16. The molecule has 3 aromatic rings. The Balaban J connectivity index is 2.42. The van der Waals surface area contributed by atoms with Gasteiger partial charge in [0, 0.05) is 6.42 Å². The van der Waals surface area contributed by atoms with Crippen LogP contribution in [0.4, 0.5) is 0 Å². The highest BCUT2D eigenvalue weighted by Crippen LogP contribution is 2.60. The molecule has 0 aliphatic heterocycles. The van der Waals surface area contributed by atoms with E-state index in [1.165, 1.54) is 0 Å². The quantitative estimate of drug-likeness (QED) is 0.328. The van der Waals surface area contributed by atoms with Gasteiger partial charge in [-0.3, -0.25) is 4.79 Å². The smallest absolute Gasteiger partial charge is 0.356 e. The normalized spacial score (nSPS) is 12.2. The van der Waals surface area contributed by atoms with Crippen LogP contribution < -0.4 is 21.6 Å². The highest BCUT2D eigenvalue weighted by atomic mass is 31.2. The second-order valence-electron chi connectivity index (χ2n) is 6.89. The monoisotopic (exact) mass is 420 g/mol. The summed E-state index contributed by atoms with van der Waals surface area (Å²) in [7, 11) is -2.71. The SMILES string of the molecule is CCOC(=O)C(C(=O)CCN)[P+](c1ccccc1)(c1ccccc1)c1ccccc1. The van der Waals surface area contributed by atoms with Crippen molar-refractivity contribution >= 4 is 34.9 Å². The van der Waals surface area contributed by atoms with Crippen LogP contribution in [0, 0.1) is 0 Å². The van der Waals surface area contributed by atoms with Crippen LogP contribution >= 0.6 is 7.26 Å². The van der Waals surface area contributed by atoms with E-state index in [9.17, 15) is 9.59 Å². The molecule has 0 saturated heterocycles. The summed E-state index contributed by atoms with van der Waals surface area (Å²) in [6, 6.07) is 29.6. The fraction of sp³-hybridized carbons (Fsp3) is 0.200. The minimum absolute atomic E-state index is 0.123. The van der Waals surface area contributed by atoms with E-state index in [0.29, 0.717) is 0 Å². The largest absolute Gasteiger partial charge is 0.463 e. The van der Waals surface area contributed by atoms with Crippen molar-refractivity contribution in [2.45, 2.75) is 19.0 Å². The molecule has 0 heterocycles. The van der Waals surface area contributed by atoms with E-state index in [0.717, 1.165) is 15.9 Å². The molecule has 5 heteroatoms. The van der Waals surface area contributed by atoms with E-state index in [1.807, 2.05) is 91.0 Å². The molecule has 1 unspecified atom stereocenters. The molecule has 3 rings (SSSR count). The number of hydrogen-bond donors (Lipinski definition) is 1. The van der Waals surface area contributed by atoms with Gasteiger partial charge in [0.15, 0.2) is 5.78 Å². The molecule has 0 aromatic heterocycles. The molecule has 0 aliphatic carbocycles. The third-order valence-electron chi connectivity index (χ3n) is 5.08. The van der Waals surface area contributed by atoms with Crippen molar-refractivity contribution in [2.75, 3.05) is 13.2 Å². The number of hydrogen-bond acceptors (Lipinski definition) is 4. The van der Waals surface area contributed by atoms with Gasteiger partial charge < -0.3 is 10.5 Å². The molecule has 2 N–H and O–H groups in total. The molecule has 1 atom stereocenters. The van der Waals surface area contributed by atoms with Gasteiger partial charge in [0.05, 0.1) is 6.61 Å². The predicted molar refractivity (Wildman–Crippen MR) is 124 cm³/mol. The van der Waals surface area contributed by atoms with Gasteiger partial charge in [-0.15, -0.1) is 0 Å². The van der Waals surface area contributed by atoms with Crippen LogP contribution in [-0.4, -0.2) is 30.6 Å². The van der Waals surface area contributed by atoms with E-state index in [2.05, 4.69) is 0 Å². The lowest BCUT2D eigenvalue weighted by Gasteiger charge is -2.32. The number of ether oxygens (including phenoxy) is 1. The van der Waals surface area contributed by atoms with Crippen LogP contribution in [0.25, 0.3) is 0 Å². The zero-order valence-electron chi connectivity index (χ0n) is 17.1. The second kappa shape index (κ2) is 10.3. The first-order valence-electron chi connectivity index (χ1n) is 10.1. The molecule has 0 amide bonds. The van der Waals surface area contributed by atoms with Crippen LogP contribution in [0.5, 0.6) is 0 Å². The summed E-state index contributed by atoms with van der Waals surface area (Å²) in [5, 5.41) is 2.89. The number of carbonyl (C=O) groups is 2. The fourth-order valence-corrected chi connectivity index (χ4v) is 8.56. The minimum atomic E-state index is -2.71. The Morgan fingerprint density at radius 3 is 1.53 bits per heavy atom. The number of benzene rings is 3. The third-order valence-corrected chi connectivity index (χ3v) is 9.69. The minimum Gasteiger partial charge on any atom is -0.463 e. The molecule has 0 saturated carbocycles. The molecule has 0 radical (unpaired) electrons. The molecular weight excluding hydrogens is 393 g/mol. The lowest BCUT2D eigenvalue weighted by molar-refractivity contribution is -0.144. The summed E-state index contributed by atoms with van der Waals surface area (Å²) in [5.41, 5.74) is 4.79. The van der Waals surface area contributed by atoms with Gasteiger partial charge in [0.2, 0.25) is 5.66 Å². The standard InChI is InChI=1S/C25H27NO3P/c1-2-29-25(28)24(23(27)18-19-26)30(20-12-6-3-7-13-20,21-14-8-4-9-15-21)22-16-10-5-11-17-22/h3-17,24H,2,18-19,26H2,1H3/q+1. The molecule has 0 aliphatic rings. The number of carbonyl (C=O) groups excluding carboxylic acids is 2. The van der Waals surface area contributed by atoms with Gasteiger partial charge >= 0.3 is 5.97 Å². The average Bonchev–Trinajstić information content (AvgIpc) is 2.79. The Kier molecular flexibility index (Phi) is 7.51. The molecule has 30 heavy (non-hydrogen) atoms. The van der Waals surface area contributed by atoms with Crippen molar-refractivity contribution < 1.29 is 14.3 Å². The van der Waals surface area contributed by atoms with Crippen LogP contribution in [0.1, 0.15) is 13.3 Å². The molecule has 0 fully saturated rings. The summed E-state index contributed by atoms with van der Waals surface area (Å²) in [5.74, 6) is -0.665. The second-order valence-corrected chi connectivity index (χ2v) is 10.4. The average molecular weight is 420 g/mol. The van der Waals surface area contributed by atoms with E-state index < -0.39 is 18.9 Å². The van der Waals surface area contributed by atoms with Crippen LogP contribution in [0.15, 0.2) is 91.0 Å². The Labute approximate surface area is 178 Å². The van der Waals surface area contributed by atoms with Gasteiger partial charge in [-0.05, 0) is 49.9 Å². The van der Waals surface area contributed by atoms with Crippen LogP contribution in [0.3, 0.4) is 0 Å². The zero-order valence-corrected chi connectivity index (χ0v) is 18.0. The Bertz CT molecular complexity index is 847. The van der Waals surface area contributed by atoms with Crippen molar-refractivity contribution in [3.63, 3.8) is 0 Å². The highest BCUT2D eigenvalue weighted by molar-refractivity contribution is 7.97. The van der Waals surface area contributed by atoms with Gasteiger partial charge in [0.25, 0.3) is 0 Å². The lowest BCUT2D eigenvalue weighted by Crippen LogP contribution is -2.47. The molecule has 154 valence electrons. The summed E-state index contributed by atoms with van der Waals surface area (Å²) >= 11 is 0. The maximum Gasteiger partial charge on any atom is 0.356 e. The first-order chi connectivity index (χ1) is 14.7. The third kappa shape index (κ3) is 4.21. The molecule has 0 spiro atoms.